The molecule has 114 valence electrons. The lowest BCUT2D eigenvalue weighted by Crippen LogP contribution is -2.18. The maximum atomic E-state index is 11.4. The Balaban J connectivity index is 2.28. The van der Waals surface area contributed by atoms with Crippen LogP contribution in [0.1, 0.15) is 0 Å². The molecule has 0 fully saturated rings. The molecule has 0 saturated heterocycles. The summed E-state index contributed by atoms with van der Waals surface area (Å²) >= 11 is 4.17. The Bertz CT molecular complexity index is 1020. The number of anilines is 1. The molecule has 0 bridgehead atoms. The van der Waals surface area contributed by atoms with Crippen LogP contribution in [0.25, 0.3) is 4.96 Å². The lowest BCUT2D eigenvalue weighted by Gasteiger charge is -1.97. The maximum absolute atomic E-state index is 11.4. The largest absolute Gasteiger partial charge is 0.383 e. The standard InChI is InChI=1S/C11H9BrN6O2S2/c12-6-1-3-7(4-2-6)15-9-5-8(13)16-10-18(9)17-11(21-10)22(14,19)20/h1-5H,13H2,(H2,14,19,20). The molecule has 3 aromatic rings. The number of sulfonamides is 1. The molecule has 0 unspecified atom stereocenters. The van der Waals surface area contributed by atoms with Gasteiger partial charge in [0, 0.05) is 10.5 Å². The van der Waals surface area contributed by atoms with Gasteiger partial charge in [0.15, 0.2) is 5.49 Å². The molecular weight excluding hydrogens is 392 g/mol. The number of nitrogens with two attached hydrogens (primary N) is 2. The van der Waals surface area contributed by atoms with E-state index in [1.807, 2.05) is 12.1 Å². The van der Waals surface area contributed by atoms with Crippen LogP contribution in [0.15, 0.2) is 44.1 Å². The number of nitrogens with zero attached hydrogens (tertiary/aromatic N) is 4. The summed E-state index contributed by atoms with van der Waals surface area (Å²) in [6, 6.07) is 8.76. The van der Waals surface area contributed by atoms with Gasteiger partial charge in [-0.2, -0.15) is 4.52 Å². The summed E-state index contributed by atoms with van der Waals surface area (Å²) in [5, 5.41) is 9.03. The monoisotopic (exact) mass is 400 g/mol. The van der Waals surface area contributed by atoms with Crippen molar-refractivity contribution in [1.82, 2.24) is 14.6 Å². The highest BCUT2D eigenvalue weighted by atomic mass is 79.9. The van der Waals surface area contributed by atoms with Gasteiger partial charge < -0.3 is 5.73 Å². The second-order valence-corrected chi connectivity index (χ2v) is 7.84. The van der Waals surface area contributed by atoms with Crippen molar-refractivity contribution in [2.45, 2.75) is 4.34 Å². The molecule has 0 aliphatic carbocycles. The molecule has 3 rings (SSSR count). The third-order valence-corrected chi connectivity index (χ3v) is 5.32. The average Bonchev–Trinajstić information content (AvgIpc) is 2.85. The average molecular weight is 401 g/mol. The van der Waals surface area contributed by atoms with Gasteiger partial charge in [-0.25, -0.2) is 23.5 Å². The summed E-state index contributed by atoms with van der Waals surface area (Å²) in [5.41, 5.74) is 6.74. The van der Waals surface area contributed by atoms with Gasteiger partial charge in [-0.3, -0.25) is 0 Å². The number of hydrogen-bond acceptors (Lipinski definition) is 7. The van der Waals surface area contributed by atoms with Crippen molar-refractivity contribution in [2.75, 3.05) is 5.73 Å². The highest BCUT2D eigenvalue weighted by molar-refractivity contribution is 9.10. The second kappa shape index (κ2) is 5.43. The fourth-order valence-electron chi connectivity index (χ4n) is 1.66. The third kappa shape index (κ3) is 3.02. The quantitative estimate of drug-likeness (QED) is 0.662. The van der Waals surface area contributed by atoms with Gasteiger partial charge in [0.2, 0.25) is 9.30 Å². The summed E-state index contributed by atoms with van der Waals surface area (Å²) in [7, 11) is -3.91. The van der Waals surface area contributed by atoms with Gasteiger partial charge in [-0.05, 0) is 24.3 Å². The van der Waals surface area contributed by atoms with Crippen LogP contribution in [0.4, 0.5) is 11.5 Å². The Hall–Kier alpha value is -1.82. The second-order valence-electron chi connectivity index (χ2n) is 4.23. The van der Waals surface area contributed by atoms with E-state index >= 15 is 0 Å². The van der Waals surface area contributed by atoms with E-state index in [2.05, 4.69) is 31.0 Å². The van der Waals surface area contributed by atoms with Crippen molar-refractivity contribution in [2.24, 2.45) is 10.1 Å². The molecule has 0 radical (unpaired) electrons. The van der Waals surface area contributed by atoms with Crippen LogP contribution in [0.5, 0.6) is 0 Å². The number of halogens is 1. The summed E-state index contributed by atoms with van der Waals surface area (Å²) in [6.07, 6.45) is 0. The number of rotatable bonds is 2. The van der Waals surface area contributed by atoms with E-state index in [-0.39, 0.29) is 10.2 Å². The van der Waals surface area contributed by atoms with Crippen molar-refractivity contribution in [1.29, 1.82) is 0 Å². The van der Waals surface area contributed by atoms with Crippen LogP contribution in [-0.4, -0.2) is 23.0 Å². The van der Waals surface area contributed by atoms with E-state index in [1.54, 1.807) is 12.1 Å². The molecule has 0 aliphatic rings. The number of hydrogen-bond donors (Lipinski definition) is 2. The van der Waals surface area contributed by atoms with Crippen molar-refractivity contribution >= 4 is 53.8 Å². The fourth-order valence-corrected chi connectivity index (χ4v) is 3.46. The predicted octanol–water partition coefficient (Wildman–Crippen LogP) is 1.02. The van der Waals surface area contributed by atoms with E-state index in [4.69, 9.17) is 10.9 Å². The predicted molar refractivity (Wildman–Crippen MR) is 86.0 cm³/mol. The summed E-state index contributed by atoms with van der Waals surface area (Å²) in [5.74, 6) is 0.209. The number of fused-ring (bicyclic) bond motifs is 1. The highest BCUT2D eigenvalue weighted by Crippen LogP contribution is 2.18. The minimum atomic E-state index is -3.91. The number of aromatic nitrogens is 3. The molecule has 11 heteroatoms. The van der Waals surface area contributed by atoms with E-state index < -0.39 is 10.0 Å². The Morgan fingerprint density at radius 1 is 1.27 bits per heavy atom. The van der Waals surface area contributed by atoms with E-state index in [9.17, 15) is 8.42 Å². The molecule has 0 amide bonds. The SMILES string of the molecule is Nc1cc(=Nc2ccc(Br)cc2)n2nc(S(N)(=O)=O)sc2n1. The molecule has 2 heterocycles. The first-order valence-electron chi connectivity index (χ1n) is 5.82. The normalized spacial score (nSPS) is 12.9. The van der Waals surface area contributed by atoms with Crippen LogP contribution in [0, 0.1) is 0 Å². The molecular formula is C11H9BrN6O2S2. The first-order valence-corrected chi connectivity index (χ1v) is 8.98. The van der Waals surface area contributed by atoms with Crippen molar-refractivity contribution in [3.8, 4) is 0 Å². The molecule has 2 aromatic heterocycles. The zero-order chi connectivity index (χ0) is 15.9. The van der Waals surface area contributed by atoms with Crippen LogP contribution < -0.4 is 16.4 Å². The molecule has 8 nitrogen and oxygen atoms in total. The molecule has 22 heavy (non-hydrogen) atoms. The minimum Gasteiger partial charge on any atom is -0.383 e. The van der Waals surface area contributed by atoms with Crippen LogP contribution in [0.3, 0.4) is 0 Å². The zero-order valence-corrected chi connectivity index (χ0v) is 14.1. The lowest BCUT2D eigenvalue weighted by atomic mass is 10.3. The molecule has 4 N–H and O–H groups in total. The Kier molecular flexibility index (Phi) is 3.72. The molecule has 0 spiro atoms. The third-order valence-electron chi connectivity index (χ3n) is 2.57. The zero-order valence-electron chi connectivity index (χ0n) is 10.8. The lowest BCUT2D eigenvalue weighted by molar-refractivity contribution is 0.594. The van der Waals surface area contributed by atoms with Gasteiger partial charge in [0.1, 0.15) is 5.82 Å². The molecule has 1 aromatic carbocycles. The Morgan fingerprint density at radius 3 is 2.59 bits per heavy atom. The highest BCUT2D eigenvalue weighted by Gasteiger charge is 2.16. The van der Waals surface area contributed by atoms with Crippen molar-refractivity contribution in [3.05, 3.63) is 40.3 Å². The van der Waals surface area contributed by atoms with Gasteiger partial charge in [-0.1, -0.05) is 27.3 Å². The van der Waals surface area contributed by atoms with Crippen molar-refractivity contribution < 1.29 is 8.42 Å². The minimum absolute atomic E-state index is 0.209. The summed E-state index contributed by atoms with van der Waals surface area (Å²) in [4.78, 5) is 8.72. The van der Waals surface area contributed by atoms with E-state index in [0.717, 1.165) is 15.8 Å². The number of primary sulfonamides is 1. The fraction of sp³-hybridized carbons (Fsp3) is 0. The number of benzene rings is 1. The van der Waals surface area contributed by atoms with Crippen LogP contribution in [0.2, 0.25) is 0 Å². The van der Waals surface area contributed by atoms with E-state index in [0.29, 0.717) is 16.1 Å². The summed E-state index contributed by atoms with van der Waals surface area (Å²) < 4.78 is 24.8. The van der Waals surface area contributed by atoms with Crippen LogP contribution in [-0.2, 0) is 10.0 Å². The van der Waals surface area contributed by atoms with Crippen molar-refractivity contribution in [3.63, 3.8) is 0 Å². The van der Waals surface area contributed by atoms with Gasteiger partial charge in [-0.15, -0.1) is 5.10 Å². The topological polar surface area (TPSA) is 129 Å². The Morgan fingerprint density at radius 2 is 1.95 bits per heavy atom. The summed E-state index contributed by atoms with van der Waals surface area (Å²) in [6.45, 7) is 0. The molecule has 0 aliphatic heterocycles. The van der Waals surface area contributed by atoms with Crippen LogP contribution >= 0.6 is 27.3 Å². The molecule has 0 atom stereocenters. The number of nitrogen functional groups attached to an aromatic ring is 1. The first-order chi connectivity index (χ1) is 10.3. The smallest absolute Gasteiger partial charge is 0.267 e. The van der Waals surface area contributed by atoms with Gasteiger partial charge in [0.05, 0.1) is 5.69 Å². The van der Waals surface area contributed by atoms with Gasteiger partial charge >= 0.3 is 0 Å². The maximum Gasteiger partial charge on any atom is 0.267 e. The first kappa shape index (κ1) is 15.1. The van der Waals surface area contributed by atoms with E-state index in [1.165, 1.54) is 10.6 Å². The molecule has 0 saturated carbocycles. The Labute approximate surface area is 137 Å². The van der Waals surface area contributed by atoms with Gasteiger partial charge in [0.25, 0.3) is 10.0 Å².